The number of alkyl carbamates (subject to hydrolysis) is 1. The maximum absolute atomic E-state index is 12.6. The first-order valence-corrected chi connectivity index (χ1v) is 7.47. The molecule has 7 heteroatoms. The zero-order chi connectivity index (χ0) is 14.4. The largest absolute Gasteiger partial charge is 0.439 e. The molecule has 7 nitrogen and oxygen atoms in total. The SMILES string of the molecule is O=C1NC[C@]2(CCCN(C(=O)c3cc(C4CC4)[nH]n3)C2)O1. The molecule has 2 N–H and O–H groups in total. The van der Waals surface area contributed by atoms with Crippen LogP contribution in [-0.4, -0.2) is 52.3 Å². The van der Waals surface area contributed by atoms with E-state index < -0.39 is 5.60 Å². The van der Waals surface area contributed by atoms with Gasteiger partial charge < -0.3 is 15.0 Å². The van der Waals surface area contributed by atoms with Gasteiger partial charge in [0.15, 0.2) is 0 Å². The third-order valence-corrected chi connectivity index (χ3v) is 4.52. The number of aromatic amines is 1. The summed E-state index contributed by atoms with van der Waals surface area (Å²) in [6, 6.07) is 1.86. The van der Waals surface area contributed by atoms with Crippen molar-refractivity contribution in [1.82, 2.24) is 20.4 Å². The van der Waals surface area contributed by atoms with Gasteiger partial charge in [0.05, 0.1) is 13.1 Å². The second kappa shape index (κ2) is 4.47. The van der Waals surface area contributed by atoms with Crippen LogP contribution in [0, 0.1) is 0 Å². The second-order valence-corrected chi connectivity index (χ2v) is 6.24. The van der Waals surface area contributed by atoms with Crippen molar-refractivity contribution >= 4 is 12.0 Å². The highest BCUT2D eigenvalue weighted by Crippen LogP contribution is 2.39. The summed E-state index contributed by atoms with van der Waals surface area (Å²) in [7, 11) is 0. The van der Waals surface area contributed by atoms with E-state index in [1.807, 2.05) is 6.07 Å². The van der Waals surface area contributed by atoms with Gasteiger partial charge in [-0.05, 0) is 31.7 Å². The Morgan fingerprint density at radius 2 is 2.33 bits per heavy atom. The van der Waals surface area contributed by atoms with Gasteiger partial charge in [0.2, 0.25) is 0 Å². The van der Waals surface area contributed by atoms with Crippen molar-refractivity contribution in [2.24, 2.45) is 0 Å². The topological polar surface area (TPSA) is 87.3 Å². The number of carbonyl (C=O) groups excluding carboxylic acids is 2. The quantitative estimate of drug-likeness (QED) is 0.850. The highest BCUT2D eigenvalue weighted by molar-refractivity contribution is 5.92. The number of nitrogens with zero attached hydrogens (tertiary/aromatic N) is 2. The molecule has 1 spiro atoms. The fourth-order valence-corrected chi connectivity index (χ4v) is 3.21. The lowest BCUT2D eigenvalue weighted by molar-refractivity contribution is -0.00523. The van der Waals surface area contributed by atoms with Crippen molar-refractivity contribution in [3.8, 4) is 0 Å². The van der Waals surface area contributed by atoms with Crippen molar-refractivity contribution in [3.63, 3.8) is 0 Å². The second-order valence-electron chi connectivity index (χ2n) is 6.24. The highest BCUT2D eigenvalue weighted by Gasteiger charge is 2.45. The summed E-state index contributed by atoms with van der Waals surface area (Å²) in [4.78, 5) is 25.6. The number of piperidine rings is 1. The molecule has 1 atom stereocenters. The Kier molecular flexibility index (Phi) is 2.70. The van der Waals surface area contributed by atoms with E-state index >= 15 is 0 Å². The lowest BCUT2D eigenvalue weighted by atomic mass is 9.93. The van der Waals surface area contributed by atoms with Crippen LogP contribution < -0.4 is 5.32 Å². The molecule has 0 radical (unpaired) electrons. The third-order valence-electron chi connectivity index (χ3n) is 4.52. The van der Waals surface area contributed by atoms with Crippen molar-refractivity contribution in [1.29, 1.82) is 0 Å². The molecule has 0 aromatic carbocycles. The molecule has 0 unspecified atom stereocenters. The summed E-state index contributed by atoms with van der Waals surface area (Å²) in [6.07, 6.45) is 3.58. The summed E-state index contributed by atoms with van der Waals surface area (Å²) in [5.41, 5.74) is 0.964. The Bertz CT molecular complexity index is 595. The number of hydrogen-bond donors (Lipinski definition) is 2. The molecular formula is C14H18N4O3. The molecular weight excluding hydrogens is 272 g/mol. The Morgan fingerprint density at radius 3 is 3.05 bits per heavy atom. The number of likely N-dealkylation sites (tertiary alicyclic amines) is 1. The molecule has 21 heavy (non-hydrogen) atoms. The van der Waals surface area contributed by atoms with Gasteiger partial charge in [0.1, 0.15) is 11.3 Å². The van der Waals surface area contributed by atoms with E-state index in [1.165, 1.54) is 12.8 Å². The Hall–Kier alpha value is -2.05. The molecule has 2 saturated heterocycles. The smallest absolute Gasteiger partial charge is 0.407 e. The average Bonchev–Trinajstić information content (AvgIpc) is 3.11. The van der Waals surface area contributed by atoms with Crippen LogP contribution in [0.15, 0.2) is 6.07 Å². The fourth-order valence-electron chi connectivity index (χ4n) is 3.21. The number of amides is 2. The minimum atomic E-state index is -0.555. The summed E-state index contributed by atoms with van der Waals surface area (Å²) in [5, 5.41) is 9.79. The van der Waals surface area contributed by atoms with Crippen LogP contribution in [0.2, 0.25) is 0 Å². The molecule has 2 amide bonds. The lowest BCUT2D eigenvalue weighted by Crippen LogP contribution is -2.52. The van der Waals surface area contributed by atoms with Gasteiger partial charge in [-0.3, -0.25) is 9.89 Å². The van der Waals surface area contributed by atoms with Gasteiger partial charge in [-0.2, -0.15) is 5.10 Å². The summed E-state index contributed by atoms with van der Waals surface area (Å²) >= 11 is 0. The van der Waals surface area contributed by atoms with Gasteiger partial charge in [-0.1, -0.05) is 0 Å². The van der Waals surface area contributed by atoms with Crippen LogP contribution >= 0.6 is 0 Å². The van der Waals surface area contributed by atoms with Gasteiger partial charge in [0, 0.05) is 18.2 Å². The van der Waals surface area contributed by atoms with Crippen molar-refractivity contribution in [2.45, 2.75) is 37.2 Å². The van der Waals surface area contributed by atoms with Crippen molar-refractivity contribution < 1.29 is 14.3 Å². The average molecular weight is 290 g/mol. The van der Waals surface area contributed by atoms with Crippen LogP contribution in [0.5, 0.6) is 0 Å². The van der Waals surface area contributed by atoms with Crippen LogP contribution in [0.4, 0.5) is 4.79 Å². The van der Waals surface area contributed by atoms with E-state index in [4.69, 9.17) is 4.74 Å². The van der Waals surface area contributed by atoms with Crippen LogP contribution in [0.1, 0.15) is 47.8 Å². The molecule has 3 fully saturated rings. The molecule has 4 rings (SSSR count). The van der Waals surface area contributed by atoms with E-state index in [9.17, 15) is 9.59 Å². The maximum atomic E-state index is 12.6. The first-order valence-electron chi connectivity index (χ1n) is 7.47. The van der Waals surface area contributed by atoms with Gasteiger partial charge >= 0.3 is 6.09 Å². The summed E-state index contributed by atoms with van der Waals surface area (Å²) < 4.78 is 5.39. The molecule has 1 aliphatic carbocycles. The molecule has 3 heterocycles. The number of carbonyl (C=O) groups is 2. The van der Waals surface area contributed by atoms with Crippen LogP contribution in [0.3, 0.4) is 0 Å². The molecule has 3 aliphatic rings. The van der Waals surface area contributed by atoms with Crippen molar-refractivity contribution in [3.05, 3.63) is 17.5 Å². The molecule has 112 valence electrons. The zero-order valence-electron chi connectivity index (χ0n) is 11.7. The predicted molar refractivity (Wildman–Crippen MR) is 72.9 cm³/mol. The van der Waals surface area contributed by atoms with E-state index in [0.29, 0.717) is 31.2 Å². The summed E-state index contributed by atoms with van der Waals surface area (Å²) in [6.45, 7) is 1.60. The molecule has 1 saturated carbocycles. The van der Waals surface area contributed by atoms with E-state index in [-0.39, 0.29) is 12.0 Å². The standard InChI is InChI=1S/C14H18N4O3/c19-12(11-6-10(16-17-11)9-2-3-9)18-5-1-4-14(8-18)7-15-13(20)21-14/h6,9H,1-5,7-8H2,(H,15,20)(H,16,17)/t14-/m0/s1. The number of hydrogen-bond acceptors (Lipinski definition) is 4. The van der Waals surface area contributed by atoms with E-state index in [0.717, 1.165) is 18.5 Å². The van der Waals surface area contributed by atoms with Gasteiger partial charge in [-0.25, -0.2) is 4.79 Å². The number of aromatic nitrogens is 2. The van der Waals surface area contributed by atoms with E-state index in [1.54, 1.807) is 4.90 Å². The third kappa shape index (κ3) is 2.26. The zero-order valence-corrected chi connectivity index (χ0v) is 11.7. The number of rotatable bonds is 2. The van der Waals surface area contributed by atoms with Crippen LogP contribution in [-0.2, 0) is 4.74 Å². The lowest BCUT2D eigenvalue weighted by Gasteiger charge is -2.37. The summed E-state index contributed by atoms with van der Waals surface area (Å²) in [5.74, 6) is 0.465. The Morgan fingerprint density at radius 1 is 1.48 bits per heavy atom. The first-order chi connectivity index (χ1) is 10.2. The highest BCUT2D eigenvalue weighted by atomic mass is 16.6. The number of nitrogens with one attached hydrogen (secondary N) is 2. The van der Waals surface area contributed by atoms with Gasteiger partial charge in [-0.15, -0.1) is 0 Å². The monoisotopic (exact) mass is 290 g/mol. The molecule has 1 aromatic rings. The van der Waals surface area contributed by atoms with E-state index in [2.05, 4.69) is 15.5 Å². The van der Waals surface area contributed by atoms with Crippen molar-refractivity contribution in [2.75, 3.05) is 19.6 Å². The maximum Gasteiger partial charge on any atom is 0.407 e. The minimum Gasteiger partial charge on any atom is -0.439 e. The Balaban J connectivity index is 1.49. The molecule has 0 bridgehead atoms. The van der Waals surface area contributed by atoms with Crippen LogP contribution in [0.25, 0.3) is 0 Å². The number of H-pyrrole nitrogens is 1. The molecule has 1 aromatic heterocycles. The minimum absolute atomic E-state index is 0.0832. The fraction of sp³-hybridized carbons (Fsp3) is 0.643. The first kappa shape index (κ1) is 12.7. The Labute approximate surface area is 122 Å². The molecule has 2 aliphatic heterocycles. The normalized spacial score (nSPS) is 28.6. The van der Waals surface area contributed by atoms with Gasteiger partial charge in [0.25, 0.3) is 5.91 Å². The predicted octanol–water partition coefficient (Wildman–Crippen LogP) is 1.00. The number of ether oxygens (including phenoxy) is 1.